The first-order chi connectivity index (χ1) is 9.99. The van der Waals surface area contributed by atoms with E-state index in [9.17, 15) is 4.79 Å². The first kappa shape index (κ1) is 16.5. The number of amides is 1. The average molecular weight is 357 g/mol. The van der Waals surface area contributed by atoms with Crippen LogP contribution in [-0.4, -0.2) is 66.6 Å². The van der Waals surface area contributed by atoms with Crippen molar-refractivity contribution in [3.63, 3.8) is 0 Å². The Morgan fingerprint density at radius 3 is 2.71 bits per heavy atom. The summed E-state index contributed by atoms with van der Waals surface area (Å²) in [6, 6.07) is 2.18. The summed E-state index contributed by atoms with van der Waals surface area (Å²) in [4.78, 5) is 16.8. The van der Waals surface area contributed by atoms with Gasteiger partial charge in [-0.05, 0) is 35.8 Å². The van der Waals surface area contributed by atoms with Crippen LogP contribution in [0.15, 0.2) is 16.7 Å². The predicted octanol–water partition coefficient (Wildman–Crippen LogP) is 1.81. The molecule has 1 fully saturated rings. The van der Waals surface area contributed by atoms with Crippen LogP contribution in [0.25, 0.3) is 0 Å². The van der Waals surface area contributed by atoms with Crippen LogP contribution in [0.5, 0.6) is 0 Å². The summed E-state index contributed by atoms with van der Waals surface area (Å²) in [7, 11) is 1.89. The highest BCUT2D eigenvalue weighted by atomic mass is 79.9. The maximum atomic E-state index is 12.6. The lowest BCUT2D eigenvalue weighted by Gasteiger charge is -2.29. The Kier molecular flexibility index (Phi) is 5.84. The van der Waals surface area contributed by atoms with Gasteiger partial charge in [0.15, 0.2) is 0 Å². The van der Waals surface area contributed by atoms with Crippen LogP contribution in [0.2, 0.25) is 0 Å². The maximum Gasteiger partial charge on any atom is 0.270 e. The van der Waals surface area contributed by atoms with Crippen LogP contribution in [0.4, 0.5) is 0 Å². The van der Waals surface area contributed by atoms with Crippen molar-refractivity contribution >= 4 is 21.8 Å². The van der Waals surface area contributed by atoms with Gasteiger partial charge in [-0.15, -0.1) is 0 Å². The van der Waals surface area contributed by atoms with E-state index >= 15 is 0 Å². The molecule has 0 spiro atoms. The minimum absolute atomic E-state index is 0.0875. The molecule has 118 valence electrons. The van der Waals surface area contributed by atoms with Crippen molar-refractivity contribution < 1.29 is 4.79 Å². The minimum atomic E-state index is 0.0875. The zero-order valence-electron chi connectivity index (χ0n) is 13.1. The highest BCUT2D eigenvalue weighted by molar-refractivity contribution is 9.10. The first-order valence-corrected chi connectivity index (χ1v) is 8.34. The molecule has 0 unspecified atom stereocenters. The third-order valence-corrected chi connectivity index (χ3v) is 4.33. The lowest BCUT2D eigenvalue weighted by Crippen LogP contribution is -2.46. The van der Waals surface area contributed by atoms with E-state index in [-0.39, 0.29) is 11.9 Å². The molecule has 1 N–H and O–H groups in total. The Hall–Kier alpha value is -0.850. The Bertz CT molecular complexity index is 480. The predicted molar refractivity (Wildman–Crippen MR) is 88.8 cm³/mol. The molecule has 1 amide bonds. The van der Waals surface area contributed by atoms with E-state index in [1.54, 1.807) is 0 Å². The quantitative estimate of drug-likeness (QED) is 0.874. The Labute approximate surface area is 135 Å². The van der Waals surface area contributed by atoms with Gasteiger partial charge in [-0.25, -0.2) is 0 Å². The zero-order valence-corrected chi connectivity index (χ0v) is 14.7. The highest BCUT2D eigenvalue weighted by Gasteiger charge is 2.19. The number of hydrogen-bond acceptors (Lipinski definition) is 3. The second-order valence-corrected chi connectivity index (χ2v) is 6.78. The Balaban J connectivity index is 1.95. The van der Waals surface area contributed by atoms with E-state index in [0.29, 0.717) is 0 Å². The van der Waals surface area contributed by atoms with E-state index in [1.807, 2.05) is 28.8 Å². The molecule has 0 radical (unpaired) electrons. The summed E-state index contributed by atoms with van der Waals surface area (Å²) in [6.45, 7) is 10.1. The van der Waals surface area contributed by atoms with Crippen molar-refractivity contribution in [3.05, 3.63) is 22.4 Å². The van der Waals surface area contributed by atoms with Gasteiger partial charge in [0.2, 0.25) is 0 Å². The maximum absolute atomic E-state index is 12.6. The van der Waals surface area contributed by atoms with E-state index in [1.165, 1.54) is 0 Å². The second-order valence-electron chi connectivity index (χ2n) is 5.86. The van der Waals surface area contributed by atoms with Crippen LogP contribution < -0.4 is 5.32 Å². The molecular weight excluding hydrogens is 332 g/mol. The number of piperazine rings is 1. The number of rotatable bonds is 5. The fourth-order valence-corrected chi connectivity index (χ4v) is 3.00. The molecule has 2 rings (SSSR count). The number of nitrogens with one attached hydrogen (secondary N) is 1. The van der Waals surface area contributed by atoms with Gasteiger partial charge in [0.1, 0.15) is 5.69 Å². The van der Waals surface area contributed by atoms with Crippen molar-refractivity contribution in [2.45, 2.75) is 19.9 Å². The van der Waals surface area contributed by atoms with Crippen molar-refractivity contribution in [2.75, 3.05) is 46.3 Å². The third kappa shape index (κ3) is 4.31. The van der Waals surface area contributed by atoms with Crippen molar-refractivity contribution in [1.29, 1.82) is 0 Å². The summed E-state index contributed by atoms with van der Waals surface area (Å²) >= 11 is 3.46. The van der Waals surface area contributed by atoms with Gasteiger partial charge in [-0.2, -0.15) is 0 Å². The fraction of sp³-hybridized carbons (Fsp3) is 0.667. The molecular formula is C15H25BrN4O. The van der Waals surface area contributed by atoms with Crippen LogP contribution >= 0.6 is 15.9 Å². The molecule has 1 aromatic heterocycles. The Morgan fingerprint density at radius 1 is 1.43 bits per heavy atom. The zero-order chi connectivity index (χ0) is 15.4. The molecule has 6 heteroatoms. The van der Waals surface area contributed by atoms with Gasteiger partial charge in [-0.3, -0.25) is 9.69 Å². The molecule has 1 aliphatic rings. The number of likely N-dealkylation sites (N-methyl/N-ethyl adjacent to an activating group) is 1. The molecule has 1 saturated heterocycles. The van der Waals surface area contributed by atoms with Crippen LogP contribution in [-0.2, 0) is 0 Å². The summed E-state index contributed by atoms with van der Waals surface area (Å²) in [5, 5.41) is 3.34. The monoisotopic (exact) mass is 356 g/mol. The highest BCUT2D eigenvalue weighted by Crippen LogP contribution is 2.20. The Morgan fingerprint density at radius 2 is 2.10 bits per heavy atom. The molecule has 2 heterocycles. The summed E-state index contributed by atoms with van der Waals surface area (Å²) in [5.41, 5.74) is 0.750. The van der Waals surface area contributed by atoms with Gasteiger partial charge in [0.05, 0.1) is 0 Å². The number of aromatic nitrogens is 1. The number of carbonyl (C=O) groups is 1. The van der Waals surface area contributed by atoms with Gasteiger partial charge in [0, 0.05) is 63.0 Å². The summed E-state index contributed by atoms with van der Waals surface area (Å²) < 4.78 is 2.98. The van der Waals surface area contributed by atoms with E-state index in [2.05, 4.69) is 40.0 Å². The number of carbonyl (C=O) groups excluding carboxylic acids is 1. The van der Waals surface area contributed by atoms with Gasteiger partial charge in [0.25, 0.3) is 5.91 Å². The van der Waals surface area contributed by atoms with Crippen LogP contribution in [0, 0.1) is 0 Å². The smallest absolute Gasteiger partial charge is 0.270 e. The molecule has 5 nitrogen and oxygen atoms in total. The molecule has 0 aromatic carbocycles. The standard InChI is InChI=1S/C15H25BrN4O/c1-12(2)20-11-13(16)10-14(20)15(21)18(3)8-9-19-6-4-17-5-7-19/h10-12,17H,4-9H2,1-3H3. The first-order valence-electron chi connectivity index (χ1n) is 7.55. The minimum Gasteiger partial charge on any atom is -0.340 e. The van der Waals surface area contributed by atoms with Gasteiger partial charge < -0.3 is 14.8 Å². The van der Waals surface area contributed by atoms with E-state index in [4.69, 9.17) is 0 Å². The lowest BCUT2D eigenvalue weighted by molar-refractivity contribution is 0.0762. The van der Waals surface area contributed by atoms with Crippen molar-refractivity contribution in [2.24, 2.45) is 0 Å². The molecule has 0 saturated carbocycles. The lowest BCUT2D eigenvalue weighted by atomic mass is 10.3. The topological polar surface area (TPSA) is 40.5 Å². The number of halogens is 1. The molecule has 0 atom stereocenters. The largest absolute Gasteiger partial charge is 0.340 e. The van der Waals surface area contributed by atoms with E-state index < -0.39 is 0 Å². The molecule has 0 bridgehead atoms. The molecule has 0 aliphatic carbocycles. The fourth-order valence-electron chi connectivity index (χ4n) is 2.57. The van der Waals surface area contributed by atoms with Gasteiger partial charge >= 0.3 is 0 Å². The molecule has 1 aromatic rings. The summed E-state index contributed by atoms with van der Waals surface area (Å²) in [6.07, 6.45) is 1.97. The molecule has 1 aliphatic heterocycles. The normalized spacial score (nSPS) is 16.4. The molecule has 21 heavy (non-hydrogen) atoms. The van der Waals surface area contributed by atoms with Crippen LogP contribution in [0.3, 0.4) is 0 Å². The van der Waals surface area contributed by atoms with Gasteiger partial charge in [-0.1, -0.05) is 0 Å². The summed E-state index contributed by atoms with van der Waals surface area (Å²) in [5.74, 6) is 0.0875. The average Bonchev–Trinajstić information content (AvgIpc) is 2.87. The van der Waals surface area contributed by atoms with Crippen LogP contribution in [0.1, 0.15) is 30.4 Å². The number of nitrogens with zero attached hydrogens (tertiary/aromatic N) is 3. The SMILES string of the molecule is CC(C)n1cc(Br)cc1C(=O)N(C)CCN1CCNCC1. The third-order valence-electron chi connectivity index (χ3n) is 3.90. The van der Waals surface area contributed by atoms with Crippen molar-refractivity contribution in [3.8, 4) is 0 Å². The van der Waals surface area contributed by atoms with E-state index in [0.717, 1.165) is 49.4 Å². The number of hydrogen-bond donors (Lipinski definition) is 1. The van der Waals surface area contributed by atoms with Crippen molar-refractivity contribution in [1.82, 2.24) is 19.7 Å². The second kappa shape index (κ2) is 7.42.